The van der Waals surface area contributed by atoms with Crippen molar-refractivity contribution in [2.45, 2.75) is 12.6 Å². The van der Waals surface area contributed by atoms with Crippen LogP contribution in [0.25, 0.3) is 0 Å². The van der Waals surface area contributed by atoms with Gasteiger partial charge in [0.15, 0.2) is 0 Å². The molecule has 1 aliphatic rings. The van der Waals surface area contributed by atoms with Crippen LogP contribution in [-0.2, 0) is 0 Å². The third kappa shape index (κ3) is 4.52. The van der Waals surface area contributed by atoms with Crippen molar-refractivity contribution in [3.05, 3.63) is 12.4 Å². The normalized spacial score (nSPS) is 17.3. The van der Waals surface area contributed by atoms with Gasteiger partial charge in [-0.25, -0.2) is 9.97 Å². The summed E-state index contributed by atoms with van der Waals surface area (Å²) >= 11 is 0. The van der Waals surface area contributed by atoms with Gasteiger partial charge in [0, 0.05) is 38.8 Å². The van der Waals surface area contributed by atoms with Gasteiger partial charge in [-0.1, -0.05) is 0 Å². The van der Waals surface area contributed by atoms with E-state index < -0.39 is 12.6 Å². The molecule has 0 bridgehead atoms. The lowest BCUT2D eigenvalue weighted by Gasteiger charge is -2.33. The van der Waals surface area contributed by atoms with Crippen molar-refractivity contribution in [1.29, 1.82) is 0 Å². The van der Waals surface area contributed by atoms with Crippen LogP contribution in [0.1, 0.15) is 6.42 Å². The Morgan fingerprint density at radius 1 is 1.20 bits per heavy atom. The van der Waals surface area contributed by atoms with E-state index in [0.29, 0.717) is 5.82 Å². The highest BCUT2D eigenvalue weighted by Gasteiger charge is 2.26. The summed E-state index contributed by atoms with van der Waals surface area (Å²) in [5, 5.41) is 2.68. The zero-order chi connectivity index (χ0) is 14.6. The van der Waals surface area contributed by atoms with Gasteiger partial charge in [0.1, 0.15) is 18.0 Å². The summed E-state index contributed by atoms with van der Waals surface area (Å²) in [4.78, 5) is 12.5. The van der Waals surface area contributed by atoms with E-state index >= 15 is 0 Å². The van der Waals surface area contributed by atoms with Crippen molar-refractivity contribution >= 4 is 11.6 Å². The molecule has 2 rings (SSSR count). The maximum Gasteiger partial charge on any atom is 0.390 e. The fourth-order valence-corrected chi connectivity index (χ4v) is 1.98. The van der Waals surface area contributed by atoms with E-state index in [1.54, 1.807) is 6.07 Å². The molecule has 0 spiro atoms. The van der Waals surface area contributed by atoms with Gasteiger partial charge in [-0.05, 0) is 7.05 Å². The molecular weight excluding hydrogens is 271 g/mol. The molecule has 0 unspecified atom stereocenters. The van der Waals surface area contributed by atoms with Crippen LogP contribution in [0.5, 0.6) is 0 Å². The molecule has 2 heterocycles. The summed E-state index contributed by atoms with van der Waals surface area (Å²) in [5.74, 6) is 1.18. The number of piperazine rings is 1. The van der Waals surface area contributed by atoms with Crippen LogP contribution in [0, 0.1) is 0 Å². The van der Waals surface area contributed by atoms with E-state index in [1.165, 1.54) is 6.33 Å². The van der Waals surface area contributed by atoms with Gasteiger partial charge in [0.25, 0.3) is 0 Å². The van der Waals surface area contributed by atoms with Crippen LogP contribution in [0.4, 0.5) is 24.8 Å². The zero-order valence-corrected chi connectivity index (χ0v) is 11.3. The first-order valence-corrected chi connectivity index (χ1v) is 6.50. The molecule has 0 atom stereocenters. The fourth-order valence-electron chi connectivity index (χ4n) is 1.98. The number of likely N-dealkylation sites (N-methyl/N-ethyl adjacent to an activating group) is 1. The van der Waals surface area contributed by atoms with E-state index in [4.69, 9.17) is 0 Å². The number of aromatic nitrogens is 2. The third-order valence-corrected chi connectivity index (χ3v) is 3.19. The Balaban J connectivity index is 1.91. The number of nitrogens with zero attached hydrogens (tertiary/aromatic N) is 4. The van der Waals surface area contributed by atoms with Crippen LogP contribution < -0.4 is 10.2 Å². The average molecular weight is 289 g/mol. The minimum Gasteiger partial charge on any atom is -0.370 e. The average Bonchev–Trinajstić information content (AvgIpc) is 2.38. The van der Waals surface area contributed by atoms with Gasteiger partial charge in [-0.3, -0.25) is 0 Å². The standard InChI is InChI=1S/C12H18F3N5/c1-19-4-6-20(7-5-19)11-8-10(17-9-18-11)16-3-2-12(13,14)15/h8-9H,2-7H2,1H3,(H,16,17,18). The van der Waals surface area contributed by atoms with Gasteiger partial charge in [-0.15, -0.1) is 0 Å². The zero-order valence-electron chi connectivity index (χ0n) is 11.3. The van der Waals surface area contributed by atoms with Crippen LogP contribution in [0.15, 0.2) is 12.4 Å². The number of halogens is 3. The van der Waals surface area contributed by atoms with Crippen molar-refractivity contribution in [1.82, 2.24) is 14.9 Å². The van der Waals surface area contributed by atoms with Crippen LogP contribution in [-0.4, -0.2) is 60.8 Å². The van der Waals surface area contributed by atoms with E-state index in [1.807, 2.05) is 0 Å². The lowest BCUT2D eigenvalue weighted by molar-refractivity contribution is -0.131. The second kappa shape index (κ2) is 6.25. The molecule has 0 aromatic carbocycles. The highest BCUT2D eigenvalue weighted by atomic mass is 19.4. The number of rotatable bonds is 4. The van der Waals surface area contributed by atoms with Crippen LogP contribution in [0.2, 0.25) is 0 Å². The van der Waals surface area contributed by atoms with Gasteiger partial charge < -0.3 is 15.1 Å². The summed E-state index contributed by atoms with van der Waals surface area (Å²) in [7, 11) is 2.06. The predicted molar refractivity (Wildman–Crippen MR) is 70.9 cm³/mol. The number of alkyl halides is 3. The quantitative estimate of drug-likeness (QED) is 0.912. The fraction of sp³-hybridized carbons (Fsp3) is 0.667. The Labute approximate surface area is 115 Å². The Bertz CT molecular complexity index is 429. The molecule has 0 saturated carbocycles. The van der Waals surface area contributed by atoms with Crippen LogP contribution in [0.3, 0.4) is 0 Å². The smallest absolute Gasteiger partial charge is 0.370 e. The van der Waals surface area contributed by atoms with E-state index in [-0.39, 0.29) is 6.54 Å². The first-order valence-electron chi connectivity index (χ1n) is 6.50. The Morgan fingerprint density at radius 2 is 1.90 bits per heavy atom. The Hall–Kier alpha value is -1.57. The number of hydrogen-bond acceptors (Lipinski definition) is 5. The summed E-state index contributed by atoms with van der Waals surface area (Å²) in [6.07, 6.45) is -3.65. The Kier molecular flexibility index (Phi) is 4.64. The maximum atomic E-state index is 12.1. The first-order chi connectivity index (χ1) is 9.44. The molecule has 0 amide bonds. The molecule has 1 N–H and O–H groups in total. The topological polar surface area (TPSA) is 44.3 Å². The number of anilines is 2. The minimum absolute atomic E-state index is 0.178. The molecular formula is C12H18F3N5. The SMILES string of the molecule is CN1CCN(c2cc(NCCC(F)(F)F)ncn2)CC1. The Morgan fingerprint density at radius 3 is 2.55 bits per heavy atom. The monoisotopic (exact) mass is 289 g/mol. The molecule has 1 aliphatic heterocycles. The third-order valence-electron chi connectivity index (χ3n) is 3.19. The summed E-state index contributed by atoms with van der Waals surface area (Å²) in [6.45, 7) is 3.43. The second-order valence-corrected chi connectivity index (χ2v) is 4.84. The van der Waals surface area contributed by atoms with Crippen molar-refractivity contribution < 1.29 is 13.2 Å². The predicted octanol–water partition coefficient (Wildman–Crippen LogP) is 1.59. The number of nitrogens with one attached hydrogen (secondary N) is 1. The highest BCUT2D eigenvalue weighted by Crippen LogP contribution is 2.20. The van der Waals surface area contributed by atoms with Crippen LogP contribution >= 0.6 is 0 Å². The summed E-state index contributed by atoms with van der Waals surface area (Å²) in [6, 6.07) is 1.70. The van der Waals surface area contributed by atoms with Gasteiger partial charge in [0.2, 0.25) is 0 Å². The molecule has 1 aromatic rings. The lowest BCUT2D eigenvalue weighted by atomic mass is 10.3. The highest BCUT2D eigenvalue weighted by molar-refractivity contribution is 5.48. The van der Waals surface area contributed by atoms with E-state index in [0.717, 1.165) is 32.0 Å². The molecule has 112 valence electrons. The van der Waals surface area contributed by atoms with Crippen molar-refractivity contribution in [3.63, 3.8) is 0 Å². The van der Waals surface area contributed by atoms with Gasteiger partial charge in [0.05, 0.1) is 6.42 Å². The lowest BCUT2D eigenvalue weighted by Crippen LogP contribution is -2.44. The number of hydrogen-bond donors (Lipinski definition) is 1. The maximum absolute atomic E-state index is 12.1. The molecule has 0 radical (unpaired) electrons. The molecule has 5 nitrogen and oxygen atoms in total. The second-order valence-electron chi connectivity index (χ2n) is 4.84. The summed E-state index contributed by atoms with van der Waals surface area (Å²) < 4.78 is 36.2. The molecule has 8 heteroatoms. The van der Waals surface area contributed by atoms with E-state index in [9.17, 15) is 13.2 Å². The van der Waals surface area contributed by atoms with Crippen molar-refractivity contribution in [3.8, 4) is 0 Å². The largest absolute Gasteiger partial charge is 0.390 e. The molecule has 1 fully saturated rings. The molecule has 1 aromatic heterocycles. The summed E-state index contributed by atoms with van der Waals surface area (Å²) in [5.41, 5.74) is 0. The van der Waals surface area contributed by atoms with Gasteiger partial charge in [-0.2, -0.15) is 13.2 Å². The van der Waals surface area contributed by atoms with E-state index in [2.05, 4.69) is 32.1 Å². The molecule has 20 heavy (non-hydrogen) atoms. The molecule has 0 aliphatic carbocycles. The van der Waals surface area contributed by atoms with Gasteiger partial charge >= 0.3 is 6.18 Å². The first kappa shape index (κ1) is 14.8. The minimum atomic E-state index is -4.15. The van der Waals surface area contributed by atoms with Crippen molar-refractivity contribution in [2.24, 2.45) is 0 Å². The van der Waals surface area contributed by atoms with Crippen molar-refractivity contribution in [2.75, 3.05) is 50.0 Å². The molecule has 1 saturated heterocycles.